The summed E-state index contributed by atoms with van der Waals surface area (Å²) in [5.74, 6) is 0. The number of nitrogens with two attached hydrogens (primary N) is 1. The van der Waals surface area contributed by atoms with Gasteiger partial charge in [-0.15, -0.1) is 0 Å². The van der Waals surface area contributed by atoms with E-state index < -0.39 is 0 Å². The number of anilines is 1. The van der Waals surface area contributed by atoms with Crippen molar-refractivity contribution in [3.8, 4) is 0 Å². The van der Waals surface area contributed by atoms with Gasteiger partial charge in [0.25, 0.3) is 0 Å². The van der Waals surface area contributed by atoms with Crippen molar-refractivity contribution in [1.29, 1.82) is 0 Å². The Labute approximate surface area is 93.9 Å². The van der Waals surface area contributed by atoms with E-state index in [9.17, 15) is 0 Å². The van der Waals surface area contributed by atoms with Crippen LogP contribution < -0.4 is 5.73 Å². The number of nitrogens with zero attached hydrogens (tertiary/aromatic N) is 1. The monoisotopic (exact) mass is 211 g/mol. The van der Waals surface area contributed by atoms with Gasteiger partial charge < -0.3 is 10.7 Å². The summed E-state index contributed by atoms with van der Waals surface area (Å²) in [5, 5.41) is 1.10. The first-order valence-corrected chi connectivity index (χ1v) is 5.04. The van der Waals surface area contributed by atoms with E-state index in [4.69, 9.17) is 5.73 Å². The Hall–Kier alpha value is -2.29. The fourth-order valence-electron chi connectivity index (χ4n) is 1.42. The number of fused-ring (bicyclic) bond motifs is 1. The molecule has 0 aliphatic heterocycles. The van der Waals surface area contributed by atoms with Crippen LogP contribution in [0.15, 0.2) is 61.1 Å². The lowest BCUT2D eigenvalue weighted by molar-refractivity contribution is 1.33. The summed E-state index contributed by atoms with van der Waals surface area (Å²) in [5.41, 5.74) is 7.61. The Kier molecular flexibility index (Phi) is 3.18. The molecule has 0 atom stereocenters. The van der Waals surface area contributed by atoms with Gasteiger partial charge in [0.05, 0.1) is 0 Å². The first-order valence-electron chi connectivity index (χ1n) is 5.04. The van der Waals surface area contributed by atoms with Crippen molar-refractivity contribution in [3.05, 3.63) is 61.1 Å². The number of nitrogen functional groups attached to an aromatic ring is 1. The largest absolute Gasteiger partial charge is 0.398 e. The third-order valence-corrected chi connectivity index (χ3v) is 2.20. The van der Waals surface area contributed by atoms with Crippen LogP contribution in [0.25, 0.3) is 10.9 Å². The maximum absolute atomic E-state index is 5.68. The van der Waals surface area contributed by atoms with Crippen LogP contribution in [0.4, 0.5) is 5.69 Å². The second-order valence-corrected chi connectivity index (χ2v) is 3.31. The summed E-state index contributed by atoms with van der Waals surface area (Å²) in [4.78, 5) is 6.87. The van der Waals surface area contributed by atoms with Crippen LogP contribution in [0, 0.1) is 0 Å². The molecule has 0 aliphatic carbocycles. The molecule has 3 aromatic rings. The number of benzene rings is 1. The highest BCUT2D eigenvalue weighted by atomic mass is 14.7. The lowest BCUT2D eigenvalue weighted by Gasteiger charge is -1.92. The maximum Gasteiger partial charge on any atom is 0.0474 e. The van der Waals surface area contributed by atoms with E-state index in [-0.39, 0.29) is 0 Å². The first-order chi connectivity index (χ1) is 7.88. The summed E-state index contributed by atoms with van der Waals surface area (Å²) in [6.45, 7) is 0. The molecular weight excluding hydrogens is 198 g/mol. The zero-order valence-corrected chi connectivity index (χ0v) is 8.80. The summed E-state index contributed by atoms with van der Waals surface area (Å²) in [6.07, 6.45) is 5.39. The molecule has 0 saturated heterocycles. The highest BCUT2D eigenvalue weighted by Gasteiger charge is 1.94. The van der Waals surface area contributed by atoms with Gasteiger partial charge in [0, 0.05) is 35.2 Å². The molecule has 0 bridgehead atoms. The molecule has 80 valence electrons. The van der Waals surface area contributed by atoms with Crippen molar-refractivity contribution in [3.63, 3.8) is 0 Å². The quantitative estimate of drug-likeness (QED) is 0.562. The van der Waals surface area contributed by atoms with Crippen molar-refractivity contribution >= 4 is 16.6 Å². The van der Waals surface area contributed by atoms with Crippen molar-refractivity contribution in [2.45, 2.75) is 0 Å². The van der Waals surface area contributed by atoms with Gasteiger partial charge in [0.15, 0.2) is 0 Å². The Bertz CT molecular complexity index is 516. The number of H-pyrrole nitrogens is 1. The molecule has 0 radical (unpaired) electrons. The van der Waals surface area contributed by atoms with Gasteiger partial charge >= 0.3 is 0 Å². The minimum atomic E-state index is 0.832. The van der Waals surface area contributed by atoms with E-state index in [1.165, 1.54) is 0 Å². The standard InChI is InChI=1S/C8H8N2.C5H5N/c9-7-2-1-3-8-6(7)4-5-10-8;1-2-4-6-5-3-1/h1-5,10H,9H2;1-5H. The summed E-state index contributed by atoms with van der Waals surface area (Å²) < 4.78 is 0. The van der Waals surface area contributed by atoms with E-state index in [2.05, 4.69) is 9.97 Å². The number of nitrogens with one attached hydrogen (secondary N) is 1. The molecule has 0 spiro atoms. The average molecular weight is 211 g/mol. The molecule has 3 heteroatoms. The lowest BCUT2D eigenvalue weighted by atomic mass is 10.2. The third kappa shape index (κ3) is 2.39. The normalized spacial score (nSPS) is 9.50. The molecule has 0 unspecified atom stereocenters. The summed E-state index contributed by atoms with van der Waals surface area (Å²) >= 11 is 0. The van der Waals surface area contributed by atoms with Crippen LogP contribution in [0.2, 0.25) is 0 Å². The SMILES string of the molecule is Nc1cccc2[nH]ccc12.c1ccncc1. The first kappa shape index (κ1) is 10.2. The molecule has 1 aromatic carbocycles. The van der Waals surface area contributed by atoms with Crippen LogP contribution in [0.1, 0.15) is 0 Å². The van der Waals surface area contributed by atoms with Crippen molar-refractivity contribution < 1.29 is 0 Å². The molecule has 3 nitrogen and oxygen atoms in total. The van der Waals surface area contributed by atoms with E-state index in [0.717, 1.165) is 16.6 Å². The number of pyridine rings is 1. The second-order valence-electron chi connectivity index (χ2n) is 3.31. The van der Waals surface area contributed by atoms with E-state index in [0.29, 0.717) is 0 Å². The zero-order valence-electron chi connectivity index (χ0n) is 8.80. The molecule has 0 amide bonds. The summed E-state index contributed by atoms with van der Waals surface area (Å²) in [6, 6.07) is 13.5. The summed E-state index contributed by atoms with van der Waals surface area (Å²) in [7, 11) is 0. The van der Waals surface area contributed by atoms with Crippen molar-refractivity contribution in [2.24, 2.45) is 0 Å². The minimum absolute atomic E-state index is 0.832. The van der Waals surface area contributed by atoms with Crippen LogP contribution in [-0.2, 0) is 0 Å². The molecule has 2 heterocycles. The molecular formula is C13H13N3. The maximum atomic E-state index is 5.68. The molecule has 0 fully saturated rings. The molecule has 3 N–H and O–H groups in total. The molecule has 0 aliphatic rings. The van der Waals surface area contributed by atoms with Gasteiger partial charge in [-0.3, -0.25) is 4.98 Å². The van der Waals surface area contributed by atoms with Crippen LogP contribution in [0.5, 0.6) is 0 Å². The van der Waals surface area contributed by atoms with E-state index >= 15 is 0 Å². The predicted octanol–water partition coefficient (Wildman–Crippen LogP) is 2.83. The average Bonchev–Trinajstić information content (AvgIpc) is 2.82. The number of hydrogen-bond acceptors (Lipinski definition) is 2. The molecule has 2 aromatic heterocycles. The number of rotatable bonds is 0. The highest BCUT2D eigenvalue weighted by Crippen LogP contribution is 2.18. The van der Waals surface area contributed by atoms with Gasteiger partial charge in [-0.25, -0.2) is 0 Å². The number of aromatic nitrogens is 2. The van der Waals surface area contributed by atoms with Gasteiger partial charge in [0.1, 0.15) is 0 Å². The van der Waals surface area contributed by atoms with Gasteiger partial charge in [-0.1, -0.05) is 12.1 Å². The molecule has 3 rings (SSSR count). The number of hydrogen-bond donors (Lipinski definition) is 2. The number of aromatic amines is 1. The Balaban J connectivity index is 0.000000138. The smallest absolute Gasteiger partial charge is 0.0474 e. The van der Waals surface area contributed by atoms with Crippen LogP contribution >= 0.6 is 0 Å². The lowest BCUT2D eigenvalue weighted by Crippen LogP contribution is -1.82. The van der Waals surface area contributed by atoms with Gasteiger partial charge in [-0.2, -0.15) is 0 Å². The Morgan fingerprint density at radius 3 is 2.31 bits per heavy atom. The van der Waals surface area contributed by atoms with E-state index in [1.807, 2.05) is 48.7 Å². The molecule has 0 saturated carbocycles. The third-order valence-electron chi connectivity index (χ3n) is 2.20. The predicted molar refractivity (Wildman–Crippen MR) is 66.9 cm³/mol. The van der Waals surface area contributed by atoms with Crippen LogP contribution in [-0.4, -0.2) is 9.97 Å². The topological polar surface area (TPSA) is 54.7 Å². The Morgan fingerprint density at radius 2 is 1.75 bits per heavy atom. The van der Waals surface area contributed by atoms with Gasteiger partial charge in [0.2, 0.25) is 0 Å². The van der Waals surface area contributed by atoms with Crippen molar-refractivity contribution in [2.75, 3.05) is 5.73 Å². The minimum Gasteiger partial charge on any atom is -0.398 e. The van der Waals surface area contributed by atoms with Gasteiger partial charge in [-0.05, 0) is 30.3 Å². The Morgan fingerprint density at radius 1 is 0.938 bits per heavy atom. The highest BCUT2D eigenvalue weighted by molar-refractivity contribution is 5.90. The van der Waals surface area contributed by atoms with Crippen molar-refractivity contribution in [1.82, 2.24) is 9.97 Å². The second kappa shape index (κ2) is 4.98. The van der Waals surface area contributed by atoms with Crippen LogP contribution in [0.3, 0.4) is 0 Å². The zero-order chi connectivity index (χ0) is 11.2. The fraction of sp³-hybridized carbons (Fsp3) is 0. The van der Waals surface area contributed by atoms with E-state index in [1.54, 1.807) is 12.4 Å². The molecule has 16 heavy (non-hydrogen) atoms. The fourth-order valence-corrected chi connectivity index (χ4v) is 1.42.